The van der Waals surface area contributed by atoms with E-state index in [1.54, 1.807) is 0 Å². The molecule has 0 spiro atoms. The molecule has 2 fully saturated rings. The van der Waals surface area contributed by atoms with Gasteiger partial charge < -0.3 is 19.4 Å². The number of rotatable bonds is 13. The molecule has 1 saturated carbocycles. The maximum atomic E-state index is 12.2. The minimum Gasteiger partial charge on any atom is -0.494 e. The van der Waals surface area contributed by atoms with E-state index in [-0.39, 0.29) is 5.91 Å². The molecule has 1 aliphatic carbocycles. The van der Waals surface area contributed by atoms with Crippen LogP contribution in [-0.4, -0.2) is 40.0 Å². The highest BCUT2D eigenvalue weighted by Gasteiger charge is 2.37. The summed E-state index contributed by atoms with van der Waals surface area (Å²) in [5, 5.41) is 0. The summed E-state index contributed by atoms with van der Waals surface area (Å²) >= 11 is 0. The van der Waals surface area contributed by atoms with Crippen molar-refractivity contribution in [2.45, 2.75) is 89.7 Å². The molecule has 1 aromatic rings. The van der Waals surface area contributed by atoms with Crippen LogP contribution in [0.5, 0.6) is 5.75 Å². The highest BCUT2D eigenvalue weighted by Crippen LogP contribution is 2.41. The van der Waals surface area contributed by atoms with E-state index in [0.29, 0.717) is 19.4 Å². The van der Waals surface area contributed by atoms with E-state index in [4.69, 9.17) is 14.5 Å². The number of hydrogen-bond acceptors (Lipinski definition) is 4. The predicted molar refractivity (Wildman–Crippen MR) is 123 cm³/mol. The van der Waals surface area contributed by atoms with Crippen LogP contribution in [0.15, 0.2) is 24.3 Å². The zero-order valence-corrected chi connectivity index (χ0v) is 19.9. The molecule has 1 saturated heterocycles. The van der Waals surface area contributed by atoms with E-state index in [0.717, 1.165) is 44.0 Å². The lowest BCUT2D eigenvalue weighted by Gasteiger charge is -2.40. The Labute approximate surface area is 191 Å². The highest BCUT2D eigenvalue weighted by atomic mass is 31.2. The normalized spacial score (nSPS) is 19.6. The van der Waals surface area contributed by atoms with Gasteiger partial charge in [0.15, 0.2) is 0 Å². The first-order chi connectivity index (χ1) is 15.4. The summed E-state index contributed by atoms with van der Waals surface area (Å²) in [6.45, 7) is 1.25. The van der Waals surface area contributed by atoms with Crippen LogP contribution in [0.4, 0.5) is 0 Å². The van der Waals surface area contributed by atoms with Crippen molar-refractivity contribution >= 4 is 13.7 Å². The molecule has 0 radical (unpaired) electrons. The molecule has 180 valence electrons. The summed E-state index contributed by atoms with van der Waals surface area (Å²) in [7, 11) is -4.57. The van der Waals surface area contributed by atoms with E-state index in [9.17, 15) is 9.36 Å². The first-order valence-corrected chi connectivity index (χ1v) is 13.7. The van der Waals surface area contributed by atoms with Crippen LogP contribution in [0.1, 0.15) is 82.6 Å². The molecule has 1 atom stereocenters. The lowest BCUT2D eigenvalue weighted by atomic mass is 9.86. The molecule has 2 N–H and O–H groups in total. The topological polar surface area (TPSA) is 96.3 Å². The van der Waals surface area contributed by atoms with E-state index in [2.05, 4.69) is 16.7 Å². The second kappa shape index (κ2) is 12.7. The molecule has 1 unspecified atom stereocenters. The van der Waals surface area contributed by atoms with Crippen molar-refractivity contribution in [2.24, 2.45) is 5.92 Å². The van der Waals surface area contributed by atoms with Gasteiger partial charge in [-0.1, -0.05) is 50.7 Å². The number of unbranched alkanes of at least 4 members (excludes halogenated alkanes) is 2. The molecular weight excluding hydrogens is 429 g/mol. The zero-order valence-electron chi connectivity index (χ0n) is 19.0. The number of phosphoric ester groups is 1. The van der Waals surface area contributed by atoms with Gasteiger partial charge in [0.2, 0.25) is 5.91 Å². The third kappa shape index (κ3) is 8.86. The number of hydrogen-bond donors (Lipinski definition) is 2. The second-order valence-electron chi connectivity index (χ2n) is 9.13. The number of ether oxygens (including phenoxy) is 1. The Morgan fingerprint density at radius 1 is 1.06 bits per heavy atom. The van der Waals surface area contributed by atoms with Gasteiger partial charge in [0.05, 0.1) is 6.61 Å². The van der Waals surface area contributed by atoms with Crippen LogP contribution in [0.2, 0.25) is 0 Å². The number of carbonyl (C=O) groups is 1. The van der Waals surface area contributed by atoms with Crippen molar-refractivity contribution in [2.75, 3.05) is 13.2 Å². The summed E-state index contributed by atoms with van der Waals surface area (Å²) in [5.41, 5.74) is 1.20. The fourth-order valence-corrected chi connectivity index (χ4v) is 5.19. The fraction of sp³-hybridized carbons (Fsp3) is 0.708. The van der Waals surface area contributed by atoms with Crippen molar-refractivity contribution in [3.05, 3.63) is 29.8 Å². The van der Waals surface area contributed by atoms with Gasteiger partial charge in [-0.3, -0.25) is 9.32 Å². The molecule has 1 aliphatic heterocycles. The first-order valence-electron chi connectivity index (χ1n) is 12.2. The molecule has 2 aliphatic rings. The van der Waals surface area contributed by atoms with Gasteiger partial charge in [-0.25, -0.2) is 4.57 Å². The smallest absolute Gasteiger partial charge is 0.471 e. The minimum absolute atomic E-state index is 0.111. The number of amides is 1. The van der Waals surface area contributed by atoms with Crippen LogP contribution in [0.25, 0.3) is 0 Å². The van der Waals surface area contributed by atoms with Crippen molar-refractivity contribution < 1.29 is 28.4 Å². The maximum Gasteiger partial charge on any atom is 0.471 e. The standard InChI is InChI=1S/C24H38NO6P/c26-23(25-17-16-24(25)31-32(27,28)29)15-5-4-12-21-13-8-14-22(19-21)30-18-7-6-11-20-9-2-1-3-10-20/h8,13-14,19-20,24H,1-7,9-12,15-18H2,(H2,27,28,29). The van der Waals surface area contributed by atoms with Crippen LogP contribution in [-0.2, 0) is 20.3 Å². The fourth-order valence-electron chi connectivity index (χ4n) is 4.66. The number of carbonyl (C=O) groups excluding carboxylic acids is 1. The molecule has 8 heteroatoms. The Hall–Kier alpha value is -1.40. The minimum atomic E-state index is -4.57. The molecule has 1 heterocycles. The average Bonchev–Trinajstić information content (AvgIpc) is 2.75. The number of likely N-dealkylation sites (tertiary alicyclic amines) is 1. The van der Waals surface area contributed by atoms with Gasteiger partial charge in [0.1, 0.15) is 12.0 Å². The van der Waals surface area contributed by atoms with Gasteiger partial charge in [0.25, 0.3) is 0 Å². The summed E-state index contributed by atoms with van der Waals surface area (Å²) in [6, 6.07) is 8.18. The molecule has 32 heavy (non-hydrogen) atoms. The van der Waals surface area contributed by atoms with Gasteiger partial charge in [-0.05, 0) is 55.7 Å². The molecule has 3 rings (SSSR count). The number of aryl methyl sites for hydroxylation is 1. The molecule has 0 aromatic heterocycles. The van der Waals surface area contributed by atoms with Gasteiger partial charge >= 0.3 is 7.82 Å². The second-order valence-corrected chi connectivity index (χ2v) is 10.3. The van der Waals surface area contributed by atoms with E-state index in [1.807, 2.05) is 12.1 Å². The largest absolute Gasteiger partial charge is 0.494 e. The maximum absolute atomic E-state index is 12.2. The SMILES string of the molecule is O=C(CCCCc1cccc(OCCCCC2CCCCC2)c1)N1CCC1OP(=O)(O)O. The highest BCUT2D eigenvalue weighted by molar-refractivity contribution is 7.46. The van der Waals surface area contributed by atoms with Gasteiger partial charge in [-0.2, -0.15) is 0 Å². The predicted octanol–water partition coefficient (Wildman–Crippen LogP) is 5.20. The van der Waals surface area contributed by atoms with Crippen molar-refractivity contribution in [1.29, 1.82) is 0 Å². The van der Waals surface area contributed by atoms with Crippen LogP contribution < -0.4 is 4.74 Å². The van der Waals surface area contributed by atoms with Crippen LogP contribution in [0.3, 0.4) is 0 Å². The molecule has 0 bridgehead atoms. The van der Waals surface area contributed by atoms with Gasteiger partial charge in [-0.15, -0.1) is 0 Å². The van der Waals surface area contributed by atoms with Crippen LogP contribution >= 0.6 is 7.82 Å². The Morgan fingerprint density at radius 2 is 1.88 bits per heavy atom. The molecule has 1 aromatic carbocycles. The summed E-state index contributed by atoms with van der Waals surface area (Å²) < 4.78 is 21.5. The lowest BCUT2D eigenvalue weighted by Crippen LogP contribution is -2.51. The Bertz CT molecular complexity index is 761. The number of nitrogens with zero attached hydrogens (tertiary/aromatic N) is 1. The summed E-state index contributed by atoms with van der Waals surface area (Å²) in [5.74, 6) is 1.74. The van der Waals surface area contributed by atoms with E-state index < -0.39 is 14.1 Å². The Kier molecular flexibility index (Phi) is 10.0. The molecular formula is C24H38NO6P. The molecule has 7 nitrogen and oxygen atoms in total. The quantitative estimate of drug-likeness (QED) is 0.306. The lowest BCUT2D eigenvalue weighted by molar-refractivity contribution is -0.152. The Morgan fingerprint density at radius 3 is 2.59 bits per heavy atom. The number of benzene rings is 1. The number of phosphoric acid groups is 1. The summed E-state index contributed by atoms with van der Waals surface area (Å²) in [4.78, 5) is 31.4. The zero-order chi connectivity index (χ0) is 22.8. The third-order valence-corrected chi connectivity index (χ3v) is 7.07. The summed E-state index contributed by atoms with van der Waals surface area (Å²) in [6.07, 6.45) is 13.2. The molecule has 1 amide bonds. The van der Waals surface area contributed by atoms with E-state index >= 15 is 0 Å². The Balaban J connectivity index is 1.27. The van der Waals surface area contributed by atoms with Crippen molar-refractivity contribution in [1.82, 2.24) is 4.90 Å². The van der Waals surface area contributed by atoms with Crippen LogP contribution in [0, 0.1) is 5.92 Å². The average molecular weight is 468 g/mol. The first kappa shape index (κ1) is 25.2. The van der Waals surface area contributed by atoms with Crippen molar-refractivity contribution in [3.63, 3.8) is 0 Å². The monoisotopic (exact) mass is 467 g/mol. The third-order valence-electron chi connectivity index (χ3n) is 6.55. The van der Waals surface area contributed by atoms with Gasteiger partial charge in [0, 0.05) is 19.4 Å². The van der Waals surface area contributed by atoms with E-state index in [1.165, 1.54) is 55.4 Å². The van der Waals surface area contributed by atoms with Crippen molar-refractivity contribution in [3.8, 4) is 5.75 Å².